The summed E-state index contributed by atoms with van der Waals surface area (Å²) in [6.45, 7) is 26.3. The normalized spacial score (nSPS) is 15.8. The molecule has 1 saturated heterocycles. The smallest absolute Gasteiger partial charge is 0.857 e. The van der Waals surface area contributed by atoms with Gasteiger partial charge in [-0.15, -0.1) is 0 Å². The van der Waals surface area contributed by atoms with Crippen molar-refractivity contribution >= 4 is 25.3 Å². The molecule has 1 N–H and O–H groups in total. The van der Waals surface area contributed by atoms with Crippen LogP contribution in [0.3, 0.4) is 0 Å². The van der Waals surface area contributed by atoms with Crippen molar-refractivity contribution in [2.45, 2.75) is 95.1 Å². The maximum absolute atomic E-state index is 8.25. The van der Waals surface area contributed by atoms with Crippen LogP contribution in [0.2, 0.25) is 0 Å². The number of nitrogens with zero attached hydrogens (tertiary/aromatic N) is 3. The monoisotopic (exact) mass is 644 g/mol. The SMILES string of the molecule is CC(C)N1CCN(Cc2ccc(C(C)(C)C)cc2[S-])CCN(Cc2ccc(C(C)(C)C)cc2[S-])CC1.CO.C[O-].[Fe+3]. The van der Waals surface area contributed by atoms with Gasteiger partial charge in [0.2, 0.25) is 0 Å². The summed E-state index contributed by atoms with van der Waals surface area (Å²) in [5.41, 5.74) is 5.41. The van der Waals surface area contributed by atoms with E-state index in [1.165, 1.54) is 22.3 Å². The van der Waals surface area contributed by atoms with Crippen molar-refractivity contribution in [3.8, 4) is 0 Å². The molecule has 0 unspecified atom stereocenters. The second kappa shape index (κ2) is 18.8. The molecule has 5 nitrogen and oxygen atoms in total. The van der Waals surface area contributed by atoms with Crippen LogP contribution in [0, 0.1) is 0 Å². The number of rotatable bonds is 5. The van der Waals surface area contributed by atoms with Gasteiger partial charge in [-0.1, -0.05) is 89.1 Å². The minimum Gasteiger partial charge on any atom is -0.857 e. The van der Waals surface area contributed by atoms with Crippen molar-refractivity contribution in [3.05, 3.63) is 58.7 Å². The number of aliphatic hydroxyl groups excluding tert-OH is 1. The third kappa shape index (κ3) is 13.2. The Morgan fingerprint density at radius 3 is 1.27 bits per heavy atom. The van der Waals surface area contributed by atoms with Crippen LogP contribution in [0.25, 0.3) is 0 Å². The standard InChI is InChI=1S/C31H49N3S2.CH4O.CH3O.Fe/c1-23(2)34-17-15-32(21-24-9-11-26(19-28(24)35)30(3,4)5)13-14-33(16-18-34)22-25-10-12-27(20-29(25)36)31(6,7)8;2*1-2;/h9-12,19-20,23,35-36H,13-18,21-22H2,1-8H3;2H,1H3;1H3;/q;;-1;+3/p-2. The Balaban J connectivity index is 0.00000306. The Morgan fingerprint density at radius 2 is 1.00 bits per heavy atom. The van der Waals surface area contributed by atoms with Gasteiger partial charge in [0.1, 0.15) is 0 Å². The molecule has 3 rings (SSSR count). The maximum Gasteiger partial charge on any atom is 3.00 e. The minimum absolute atomic E-state index is 0. The summed E-state index contributed by atoms with van der Waals surface area (Å²) < 4.78 is 0. The Labute approximate surface area is 273 Å². The largest absolute Gasteiger partial charge is 3.00 e. The van der Waals surface area contributed by atoms with Gasteiger partial charge in [0.25, 0.3) is 0 Å². The molecule has 0 aliphatic carbocycles. The molecule has 1 radical (unpaired) electrons. The molecular formula is C33H54FeN3O2S2. The third-order valence-electron chi connectivity index (χ3n) is 7.52. The number of benzene rings is 2. The molecule has 0 spiro atoms. The van der Waals surface area contributed by atoms with E-state index in [1.807, 2.05) is 0 Å². The van der Waals surface area contributed by atoms with Gasteiger partial charge >= 0.3 is 17.1 Å². The van der Waals surface area contributed by atoms with Crippen LogP contribution in [0.15, 0.2) is 46.2 Å². The second-order valence-electron chi connectivity index (χ2n) is 12.8. The van der Waals surface area contributed by atoms with E-state index >= 15 is 0 Å². The first-order valence-corrected chi connectivity index (χ1v) is 15.2. The summed E-state index contributed by atoms with van der Waals surface area (Å²) >= 11 is 11.7. The average molecular weight is 645 g/mol. The van der Waals surface area contributed by atoms with Crippen LogP contribution in [0.5, 0.6) is 0 Å². The predicted octanol–water partition coefficient (Wildman–Crippen LogP) is 4.70. The van der Waals surface area contributed by atoms with Crippen LogP contribution in [0.4, 0.5) is 0 Å². The maximum atomic E-state index is 8.25. The van der Waals surface area contributed by atoms with Gasteiger partial charge in [-0.3, -0.25) is 14.7 Å². The van der Waals surface area contributed by atoms with E-state index in [4.69, 9.17) is 35.5 Å². The molecule has 0 atom stereocenters. The second-order valence-corrected chi connectivity index (χ2v) is 13.7. The quantitative estimate of drug-likeness (QED) is 0.374. The molecule has 2 aromatic rings. The summed E-state index contributed by atoms with van der Waals surface area (Å²) in [6.07, 6.45) is 0. The molecule has 1 fully saturated rings. The van der Waals surface area contributed by atoms with Crippen molar-refractivity contribution < 1.29 is 27.3 Å². The number of aliphatic hydroxyl groups is 1. The first-order chi connectivity index (χ1) is 18.7. The molecule has 41 heavy (non-hydrogen) atoms. The van der Waals surface area contributed by atoms with Gasteiger partial charge in [0, 0.05) is 65.5 Å². The van der Waals surface area contributed by atoms with Gasteiger partial charge < -0.3 is 35.5 Å². The molecular weight excluding hydrogens is 590 g/mol. The van der Waals surface area contributed by atoms with E-state index in [2.05, 4.69) is 106 Å². The Kier molecular flexibility index (Phi) is 18.4. The van der Waals surface area contributed by atoms with E-state index in [0.29, 0.717) is 6.04 Å². The van der Waals surface area contributed by atoms with Crippen molar-refractivity contribution in [2.24, 2.45) is 0 Å². The van der Waals surface area contributed by atoms with Gasteiger partial charge in [0.05, 0.1) is 0 Å². The van der Waals surface area contributed by atoms with E-state index in [0.717, 1.165) is 76.4 Å². The van der Waals surface area contributed by atoms with Crippen LogP contribution in [-0.2, 0) is 66.2 Å². The summed E-state index contributed by atoms with van der Waals surface area (Å²) in [5, 5.41) is 15.2. The zero-order chi connectivity index (χ0) is 30.7. The minimum atomic E-state index is 0. The van der Waals surface area contributed by atoms with Crippen molar-refractivity contribution in [1.29, 1.82) is 0 Å². The first kappa shape index (κ1) is 40.2. The third-order valence-corrected chi connectivity index (χ3v) is 8.28. The summed E-state index contributed by atoms with van der Waals surface area (Å²) in [5.74, 6) is 0. The first-order valence-electron chi connectivity index (χ1n) is 14.4. The fourth-order valence-corrected chi connectivity index (χ4v) is 5.29. The predicted molar refractivity (Wildman–Crippen MR) is 173 cm³/mol. The average Bonchev–Trinajstić information content (AvgIpc) is 2.98. The molecule has 0 bridgehead atoms. The molecule has 1 aliphatic heterocycles. The zero-order valence-corrected chi connectivity index (χ0v) is 29.8. The molecule has 0 aromatic heterocycles. The van der Waals surface area contributed by atoms with Crippen molar-refractivity contribution in [1.82, 2.24) is 14.7 Å². The molecule has 0 amide bonds. The van der Waals surface area contributed by atoms with E-state index < -0.39 is 0 Å². The Morgan fingerprint density at radius 1 is 0.683 bits per heavy atom. The number of hydrogen-bond donors (Lipinski definition) is 1. The van der Waals surface area contributed by atoms with Crippen LogP contribution in [0.1, 0.15) is 77.6 Å². The fourth-order valence-electron chi connectivity index (χ4n) is 4.78. The molecule has 2 aromatic carbocycles. The fraction of sp³-hybridized carbons (Fsp3) is 0.636. The van der Waals surface area contributed by atoms with E-state index in [-0.39, 0.29) is 27.9 Å². The molecule has 1 aliphatic rings. The van der Waals surface area contributed by atoms with E-state index in [9.17, 15) is 0 Å². The van der Waals surface area contributed by atoms with Gasteiger partial charge in [0.15, 0.2) is 0 Å². The summed E-state index contributed by atoms with van der Waals surface area (Å²) in [4.78, 5) is 9.78. The molecule has 1 heterocycles. The zero-order valence-electron chi connectivity index (χ0n) is 27.1. The Bertz CT molecular complexity index is 945. The van der Waals surface area contributed by atoms with Crippen molar-refractivity contribution in [3.63, 3.8) is 0 Å². The van der Waals surface area contributed by atoms with Gasteiger partial charge in [-0.2, -0.15) is 16.9 Å². The van der Waals surface area contributed by atoms with Gasteiger partial charge in [-0.25, -0.2) is 0 Å². The number of hydrogen-bond acceptors (Lipinski definition) is 7. The van der Waals surface area contributed by atoms with Gasteiger partial charge in [-0.05, 0) is 35.8 Å². The van der Waals surface area contributed by atoms with E-state index in [1.54, 1.807) is 0 Å². The molecule has 233 valence electrons. The molecule has 0 saturated carbocycles. The van der Waals surface area contributed by atoms with Crippen LogP contribution >= 0.6 is 0 Å². The van der Waals surface area contributed by atoms with Crippen LogP contribution < -0.4 is 5.11 Å². The van der Waals surface area contributed by atoms with Crippen molar-refractivity contribution in [2.75, 3.05) is 53.5 Å². The Hall–Kier alpha value is -0.801. The topological polar surface area (TPSA) is 53.0 Å². The summed E-state index contributed by atoms with van der Waals surface area (Å²) in [7, 11) is 1.75. The van der Waals surface area contributed by atoms with Crippen LogP contribution in [-0.4, -0.2) is 79.3 Å². The summed E-state index contributed by atoms with van der Waals surface area (Å²) in [6, 6.07) is 14.0. The molecule has 8 heteroatoms.